The summed E-state index contributed by atoms with van der Waals surface area (Å²) in [6.45, 7) is 1.52. The number of aliphatic hydroxyl groups excluding tert-OH is 1. The Bertz CT molecular complexity index is 1030. The van der Waals surface area contributed by atoms with E-state index in [4.69, 9.17) is 4.18 Å². The highest BCUT2D eigenvalue weighted by Gasteiger charge is 2.18. The highest BCUT2D eigenvalue weighted by molar-refractivity contribution is 7.86. The zero-order chi connectivity index (χ0) is 19.4. The maximum Gasteiger partial charge on any atom is 0.297 e. The van der Waals surface area contributed by atoms with Gasteiger partial charge in [-0.1, -0.05) is 23.8 Å². The van der Waals surface area contributed by atoms with Gasteiger partial charge in [0.05, 0.1) is 23.1 Å². The predicted octanol–water partition coefficient (Wildman–Crippen LogP) is 2.95. The molecule has 27 heavy (non-hydrogen) atoms. The standard InChI is InChI=1S/C20H21NO5S/c1-14-4-9-17(10-5-14)27(24,25)26-13-16(22)8-6-15-7-11-19-18(20(15)23)3-2-12-21-19/h2-5,7,9-12,16,22-23H,6,8,13H2,1H3/t16-/m0/s1. The number of aromatic nitrogens is 1. The van der Waals surface area contributed by atoms with Crippen LogP contribution in [-0.4, -0.2) is 36.3 Å². The SMILES string of the molecule is Cc1ccc(S(=O)(=O)OC[C@@H](O)CCc2ccc3ncccc3c2O)cc1. The number of fused-ring (bicyclic) bond motifs is 1. The number of hydrogen-bond acceptors (Lipinski definition) is 6. The van der Waals surface area contributed by atoms with E-state index >= 15 is 0 Å². The minimum atomic E-state index is -3.91. The zero-order valence-corrected chi connectivity index (χ0v) is 15.7. The lowest BCUT2D eigenvalue weighted by Crippen LogP contribution is -2.19. The molecule has 2 N–H and O–H groups in total. The second-order valence-electron chi connectivity index (χ2n) is 6.39. The van der Waals surface area contributed by atoms with Gasteiger partial charge in [0.15, 0.2) is 0 Å². The van der Waals surface area contributed by atoms with Crippen molar-refractivity contribution in [3.05, 3.63) is 65.9 Å². The van der Waals surface area contributed by atoms with Gasteiger partial charge in [0.2, 0.25) is 0 Å². The Kier molecular flexibility index (Phi) is 5.74. The van der Waals surface area contributed by atoms with Crippen molar-refractivity contribution in [2.45, 2.75) is 30.8 Å². The summed E-state index contributed by atoms with van der Waals surface area (Å²) in [4.78, 5) is 4.23. The number of pyridine rings is 1. The Morgan fingerprint density at radius 3 is 2.59 bits per heavy atom. The fourth-order valence-electron chi connectivity index (χ4n) is 2.73. The van der Waals surface area contributed by atoms with E-state index in [1.807, 2.05) is 6.92 Å². The molecule has 0 amide bonds. The number of nitrogens with zero attached hydrogens (tertiary/aromatic N) is 1. The molecule has 1 heterocycles. The van der Waals surface area contributed by atoms with Crippen LogP contribution in [0.3, 0.4) is 0 Å². The summed E-state index contributed by atoms with van der Waals surface area (Å²) in [6.07, 6.45) is 1.31. The number of rotatable bonds is 7. The molecule has 142 valence electrons. The summed E-state index contributed by atoms with van der Waals surface area (Å²) in [5, 5.41) is 21.1. The van der Waals surface area contributed by atoms with Gasteiger partial charge in [0, 0.05) is 11.6 Å². The molecule has 0 fully saturated rings. The van der Waals surface area contributed by atoms with E-state index in [1.54, 1.807) is 42.6 Å². The van der Waals surface area contributed by atoms with Gasteiger partial charge in [-0.3, -0.25) is 9.17 Å². The second kappa shape index (κ2) is 8.04. The van der Waals surface area contributed by atoms with Crippen molar-refractivity contribution in [1.29, 1.82) is 0 Å². The molecule has 0 radical (unpaired) electrons. The van der Waals surface area contributed by atoms with Gasteiger partial charge in [0.25, 0.3) is 10.1 Å². The molecule has 6 nitrogen and oxygen atoms in total. The van der Waals surface area contributed by atoms with E-state index in [0.717, 1.165) is 5.56 Å². The normalized spacial score (nSPS) is 13.0. The first-order valence-corrected chi connectivity index (χ1v) is 9.97. The third-order valence-electron chi connectivity index (χ3n) is 4.31. The molecule has 0 unspecified atom stereocenters. The first-order chi connectivity index (χ1) is 12.9. The van der Waals surface area contributed by atoms with E-state index in [0.29, 0.717) is 22.9 Å². The molecule has 0 saturated heterocycles. The number of aliphatic hydroxyl groups is 1. The van der Waals surface area contributed by atoms with Gasteiger partial charge in [-0.05, 0) is 55.7 Å². The summed E-state index contributed by atoms with van der Waals surface area (Å²) in [6, 6.07) is 13.4. The van der Waals surface area contributed by atoms with Gasteiger partial charge in [0.1, 0.15) is 5.75 Å². The minimum Gasteiger partial charge on any atom is -0.507 e. The molecule has 0 bridgehead atoms. The molecular weight excluding hydrogens is 366 g/mol. The van der Waals surface area contributed by atoms with Gasteiger partial charge in [-0.25, -0.2) is 0 Å². The van der Waals surface area contributed by atoms with E-state index in [9.17, 15) is 18.6 Å². The van der Waals surface area contributed by atoms with E-state index in [1.165, 1.54) is 12.1 Å². The number of hydrogen-bond donors (Lipinski definition) is 2. The van der Waals surface area contributed by atoms with Gasteiger partial charge in [-0.15, -0.1) is 0 Å². The van der Waals surface area contributed by atoms with Gasteiger partial charge < -0.3 is 10.2 Å². The van der Waals surface area contributed by atoms with E-state index in [-0.39, 0.29) is 23.7 Å². The summed E-state index contributed by atoms with van der Waals surface area (Å²) < 4.78 is 29.2. The Balaban J connectivity index is 1.59. The lowest BCUT2D eigenvalue weighted by Gasteiger charge is -2.13. The van der Waals surface area contributed by atoms with Crippen molar-refractivity contribution in [2.75, 3.05) is 6.61 Å². The number of phenolic OH excluding ortho intramolecular Hbond substituents is 1. The average molecular weight is 387 g/mol. The van der Waals surface area contributed by atoms with E-state index in [2.05, 4.69) is 4.98 Å². The number of aromatic hydroxyl groups is 1. The van der Waals surface area contributed by atoms with Crippen molar-refractivity contribution in [3.8, 4) is 5.75 Å². The van der Waals surface area contributed by atoms with Crippen molar-refractivity contribution in [3.63, 3.8) is 0 Å². The van der Waals surface area contributed by atoms with Crippen LogP contribution in [0.4, 0.5) is 0 Å². The Hall–Kier alpha value is -2.48. The highest BCUT2D eigenvalue weighted by atomic mass is 32.2. The molecule has 3 rings (SSSR count). The molecule has 0 spiro atoms. The summed E-state index contributed by atoms with van der Waals surface area (Å²) in [5.74, 6) is 0.126. The number of phenols is 1. The molecular formula is C20H21NO5S. The molecule has 0 aliphatic carbocycles. The smallest absolute Gasteiger partial charge is 0.297 e. The maximum atomic E-state index is 12.1. The lowest BCUT2D eigenvalue weighted by molar-refractivity contribution is 0.103. The lowest BCUT2D eigenvalue weighted by atomic mass is 10.0. The van der Waals surface area contributed by atoms with Crippen LogP contribution in [0.5, 0.6) is 5.75 Å². The zero-order valence-electron chi connectivity index (χ0n) is 14.9. The fourth-order valence-corrected chi connectivity index (χ4v) is 3.67. The molecule has 2 aromatic carbocycles. The van der Waals surface area contributed by atoms with Crippen LogP contribution in [0, 0.1) is 6.92 Å². The van der Waals surface area contributed by atoms with Crippen LogP contribution in [0.2, 0.25) is 0 Å². The molecule has 1 aromatic heterocycles. The third kappa shape index (κ3) is 4.63. The van der Waals surface area contributed by atoms with Crippen LogP contribution >= 0.6 is 0 Å². The monoisotopic (exact) mass is 387 g/mol. The second-order valence-corrected chi connectivity index (χ2v) is 8.00. The van der Waals surface area contributed by atoms with Gasteiger partial charge >= 0.3 is 0 Å². The van der Waals surface area contributed by atoms with Crippen molar-refractivity contribution in [2.24, 2.45) is 0 Å². The van der Waals surface area contributed by atoms with Crippen LogP contribution in [0.25, 0.3) is 10.9 Å². The summed E-state index contributed by atoms with van der Waals surface area (Å²) in [7, 11) is -3.91. The van der Waals surface area contributed by atoms with Crippen LogP contribution in [0.1, 0.15) is 17.5 Å². The molecule has 0 aliphatic rings. The molecule has 0 aliphatic heterocycles. The predicted molar refractivity (Wildman–Crippen MR) is 102 cm³/mol. The Labute approximate surface area is 158 Å². The third-order valence-corrected chi connectivity index (χ3v) is 5.61. The topological polar surface area (TPSA) is 96.7 Å². The van der Waals surface area contributed by atoms with Crippen LogP contribution in [0.15, 0.2) is 59.6 Å². The molecule has 0 saturated carbocycles. The van der Waals surface area contributed by atoms with Crippen LogP contribution < -0.4 is 0 Å². The summed E-state index contributed by atoms with van der Waals surface area (Å²) >= 11 is 0. The first kappa shape index (κ1) is 19.3. The summed E-state index contributed by atoms with van der Waals surface area (Å²) in [5.41, 5.74) is 2.29. The number of aryl methyl sites for hydroxylation is 2. The van der Waals surface area contributed by atoms with Crippen molar-refractivity contribution >= 4 is 21.0 Å². The first-order valence-electron chi connectivity index (χ1n) is 8.56. The quantitative estimate of drug-likeness (QED) is 0.605. The molecule has 3 aromatic rings. The van der Waals surface area contributed by atoms with Gasteiger partial charge in [-0.2, -0.15) is 8.42 Å². The fraction of sp³-hybridized carbons (Fsp3) is 0.250. The van der Waals surface area contributed by atoms with Crippen molar-refractivity contribution in [1.82, 2.24) is 4.98 Å². The minimum absolute atomic E-state index is 0.0555. The Morgan fingerprint density at radius 1 is 1.11 bits per heavy atom. The van der Waals surface area contributed by atoms with Crippen molar-refractivity contribution < 1.29 is 22.8 Å². The van der Waals surface area contributed by atoms with Crippen LogP contribution in [-0.2, 0) is 20.7 Å². The maximum absolute atomic E-state index is 12.1. The average Bonchev–Trinajstić information content (AvgIpc) is 2.66. The largest absolute Gasteiger partial charge is 0.507 e. The number of benzene rings is 2. The van der Waals surface area contributed by atoms with E-state index < -0.39 is 16.2 Å². The molecule has 7 heteroatoms. The molecule has 1 atom stereocenters. The Morgan fingerprint density at radius 2 is 1.85 bits per heavy atom. The highest BCUT2D eigenvalue weighted by Crippen LogP contribution is 2.28.